The summed E-state index contributed by atoms with van der Waals surface area (Å²) >= 11 is 5.74. The van der Waals surface area contributed by atoms with E-state index in [9.17, 15) is 4.79 Å². The minimum absolute atomic E-state index is 0. The average molecular weight is 293 g/mol. The van der Waals surface area contributed by atoms with Crippen LogP contribution in [-0.2, 0) is 4.79 Å². The van der Waals surface area contributed by atoms with Crippen molar-refractivity contribution in [2.24, 2.45) is 11.7 Å². The van der Waals surface area contributed by atoms with Crippen molar-refractivity contribution in [1.29, 1.82) is 0 Å². The Balaban J connectivity index is 0.00000289. The van der Waals surface area contributed by atoms with Crippen molar-refractivity contribution < 1.29 is 9.53 Å². The SMILES string of the molecule is CC(CN)C(=O)NCCOc1ccc(Cl)cc1.Cl. The van der Waals surface area contributed by atoms with E-state index in [-0.39, 0.29) is 24.2 Å². The second-order valence-electron chi connectivity index (χ2n) is 3.73. The standard InChI is InChI=1S/C12H17ClN2O2.ClH/c1-9(8-14)12(16)15-6-7-17-11-4-2-10(13)3-5-11;/h2-5,9H,6-8,14H2,1H3,(H,15,16);1H. The Labute approximate surface area is 118 Å². The monoisotopic (exact) mass is 292 g/mol. The molecule has 1 rings (SSSR count). The van der Waals surface area contributed by atoms with Crippen LogP contribution in [0.15, 0.2) is 24.3 Å². The van der Waals surface area contributed by atoms with Gasteiger partial charge in [-0.05, 0) is 24.3 Å². The molecule has 0 spiro atoms. The van der Waals surface area contributed by atoms with Gasteiger partial charge in [-0.15, -0.1) is 12.4 Å². The maximum Gasteiger partial charge on any atom is 0.224 e. The summed E-state index contributed by atoms with van der Waals surface area (Å²) in [7, 11) is 0. The summed E-state index contributed by atoms with van der Waals surface area (Å²) in [4.78, 5) is 11.4. The van der Waals surface area contributed by atoms with Crippen LogP contribution in [0.3, 0.4) is 0 Å². The van der Waals surface area contributed by atoms with E-state index in [1.807, 2.05) is 0 Å². The van der Waals surface area contributed by atoms with E-state index in [0.717, 1.165) is 5.75 Å². The molecule has 1 amide bonds. The van der Waals surface area contributed by atoms with Gasteiger partial charge >= 0.3 is 0 Å². The molecule has 6 heteroatoms. The van der Waals surface area contributed by atoms with E-state index in [1.165, 1.54) is 0 Å². The number of nitrogens with one attached hydrogen (secondary N) is 1. The quantitative estimate of drug-likeness (QED) is 0.787. The molecule has 4 nitrogen and oxygen atoms in total. The Morgan fingerprint density at radius 2 is 2.06 bits per heavy atom. The van der Waals surface area contributed by atoms with Gasteiger partial charge in [-0.1, -0.05) is 18.5 Å². The lowest BCUT2D eigenvalue weighted by molar-refractivity contribution is -0.124. The Hall–Kier alpha value is -0.970. The van der Waals surface area contributed by atoms with Crippen molar-refractivity contribution in [3.05, 3.63) is 29.3 Å². The first kappa shape index (κ1) is 17.0. The summed E-state index contributed by atoms with van der Waals surface area (Å²) in [6, 6.07) is 7.08. The number of amides is 1. The maximum atomic E-state index is 11.4. The van der Waals surface area contributed by atoms with Crippen LogP contribution < -0.4 is 15.8 Å². The lowest BCUT2D eigenvalue weighted by Gasteiger charge is -2.10. The third-order valence-electron chi connectivity index (χ3n) is 2.28. The molecule has 1 aromatic rings. The number of halogens is 2. The van der Waals surface area contributed by atoms with Gasteiger partial charge in [0.2, 0.25) is 5.91 Å². The summed E-state index contributed by atoms with van der Waals surface area (Å²) in [6.07, 6.45) is 0. The zero-order valence-corrected chi connectivity index (χ0v) is 11.8. The number of hydrogen-bond donors (Lipinski definition) is 2. The number of benzene rings is 1. The Morgan fingerprint density at radius 3 is 2.61 bits per heavy atom. The van der Waals surface area contributed by atoms with Crippen molar-refractivity contribution in [3.63, 3.8) is 0 Å². The van der Waals surface area contributed by atoms with E-state index in [0.29, 0.717) is 24.7 Å². The Bertz CT molecular complexity index is 358. The van der Waals surface area contributed by atoms with Crippen LogP contribution in [0.5, 0.6) is 5.75 Å². The van der Waals surface area contributed by atoms with E-state index < -0.39 is 0 Å². The molecule has 0 radical (unpaired) electrons. The van der Waals surface area contributed by atoms with Crippen molar-refractivity contribution in [1.82, 2.24) is 5.32 Å². The molecule has 0 heterocycles. The summed E-state index contributed by atoms with van der Waals surface area (Å²) in [5, 5.41) is 3.41. The molecule has 0 aliphatic rings. The third-order valence-corrected chi connectivity index (χ3v) is 2.54. The third kappa shape index (κ3) is 6.10. The molecule has 0 saturated carbocycles. The summed E-state index contributed by atoms with van der Waals surface area (Å²) in [5.74, 6) is 0.522. The van der Waals surface area contributed by atoms with Gasteiger partial charge in [0, 0.05) is 17.5 Å². The van der Waals surface area contributed by atoms with Crippen LogP contribution in [0, 0.1) is 5.92 Å². The Morgan fingerprint density at radius 1 is 1.44 bits per heavy atom. The van der Waals surface area contributed by atoms with Gasteiger partial charge < -0.3 is 15.8 Å². The molecule has 0 aliphatic carbocycles. The molecule has 0 aromatic heterocycles. The number of ether oxygens (including phenoxy) is 1. The van der Waals surface area contributed by atoms with Gasteiger partial charge in [0.25, 0.3) is 0 Å². The second-order valence-corrected chi connectivity index (χ2v) is 4.17. The van der Waals surface area contributed by atoms with Crippen molar-refractivity contribution in [2.45, 2.75) is 6.92 Å². The minimum Gasteiger partial charge on any atom is -0.492 e. The molecule has 0 bridgehead atoms. The molecule has 3 N–H and O–H groups in total. The zero-order chi connectivity index (χ0) is 12.7. The fourth-order valence-corrected chi connectivity index (χ4v) is 1.28. The highest BCUT2D eigenvalue weighted by atomic mass is 35.5. The van der Waals surface area contributed by atoms with E-state index in [2.05, 4.69) is 5.32 Å². The molecular formula is C12H18Cl2N2O2. The van der Waals surface area contributed by atoms with Gasteiger partial charge in [0.15, 0.2) is 0 Å². The molecule has 18 heavy (non-hydrogen) atoms. The van der Waals surface area contributed by atoms with Crippen molar-refractivity contribution in [2.75, 3.05) is 19.7 Å². The first-order valence-corrected chi connectivity index (χ1v) is 5.87. The van der Waals surface area contributed by atoms with Crippen molar-refractivity contribution >= 4 is 29.9 Å². The molecule has 1 atom stereocenters. The predicted octanol–water partition coefficient (Wildman–Crippen LogP) is 1.85. The number of carbonyl (C=O) groups excluding carboxylic acids is 1. The topological polar surface area (TPSA) is 64.4 Å². The number of rotatable bonds is 6. The lowest BCUT2D eigenvalue weighted by Crippen LogP contribution is -2.35. The molecule has 0 saturated heterocycles. The average Bonchev–Trinajstić information content (AvgIpc) is 2.35. The van der Waals surface area contributed by atoms with Gasteiger partial charge in [-0.3, -0.25) is 4.79 Å². The van der Waals surface area contributed by atoms with Crippen molar-refractivity contribution in [3.8, 4) is 5.75 Å². The van der Waals surface area contributed by atoms with Crippen LogP contribution in [0.25, 0.3) is 0 Å². The van der Waals surface area contributed by atoms with E-state index in [4.69, 9.17) is 22.1 Å². The predicted molar refractivity (Wildman–Crippen MR) is 75.4 cm³/mol. The molecule has 0 aliphatic heterocycles. The van der Waals surface area contributed by atoms with Gasteiger partial charge in [-0.25, -0.2) is 0 Å². The van der Waals surface area contributed by atoms with Gasteiger partial charge in [0.1, 0.15) is 12.4 Å². The first-order chi connectivity index (χ1) is 8.13. The van der Waals surface area contributed by atoms with E-state index in [1.54, 1.807) is 31.2 Å². The summed E-state index contributed by atoms with van der Waals surface area (Å²) in [5.41, 5.74) is 5.38. The number of carbonyl (C=O) groups is 1. The van der Waals surface area contributed by atoms with Gasteiger partial charge in [0.05, 0.1) is 6.54 Å². The molecule has 0 fully saturated rings. The zero-order valence-electron chi connectivity index (χ0n) is 10.2. The van der Waals surface area contributed by atoms with Crippen LogP contribution in [-0.4, -0.2) is 25.6 Å². The van der Waals surface area contributed by atoms with Gasteiger partial charge in [-0.2, -0.15) is 0 Å². The largest absolute Gasteiger partial charge is 0.492 e. The smallest absolute Gasteiger partial charge is 0.224 e. The highest BCUT2D eigenvalue weighted by Crippen LogP contribution is 2.15. The fourth-order valence-electron chi connectivity index (χ4n) is 1.16. The van der Waals surface area contributed by atoms with E-state index >= 15 is 0 Å². The number of nitrogens with two attached hydrogens (primary N) is 1. The highest BCUT2D eigenvalue weighted by Gasteiger charge is 2.09. The number of hydrogen-bond acceptors (Lipinski definition) is 3. The molecule has 102 valence electrons. The lowest BCUT2D eigenvalue weighted by atomic mass is 10.2. The highest BCUT2D eigenvalue weighted by molar-refractivity contribution is 6.30. The summed E-state index contributed by atoms with van der Waals surface area (Å²) in [6.45, 7) is 3.02. The van der Waals surface area contributed by atoms with Crippen LogP contribution >= 0.6 is 24.0 Å². The minimum atomic E-state index is -0.162. The second kappa shape index (κ2) is 9.03. The molecule has 1 aromatic carbocycles. The maximum absolute atomic E-state index is 11.4. The molecular weight excluding hydrogens is 275 g/mol. The van der Waals surface area contributed by atoms with Crippen LogP contribution in [0.4, 0.5) is 0 Å². The normalized spacial score (nSPS) is 11.3. The first-order valence-electron chi connectivity index (χ1n) is 5.49. The fraction of sp³-hybridized carbons (Fsp3) is 0.417. The van der Waals surface area contributed by atoms with Crippen LogP contribution in [0.2, 0.25) is 5.02 Å². The summed E-state index contributed by atoms with van der Waals surface area (Å²) < 4.78 is 5.42. The molecule has 1 unspecified atom stereocenters. The van der Waals surface area contributed by atoms with Crippen LogP contribution in [0.1, 0.15) is 6.92 Å². The Kier molecular flexibility index (Phi) is 8.54.